The van der Waals surface area contributed by atoms with Gasteiger partial charge in [0.25, 0.3) is 0 Å². The van der Waals surface area contributed by atoms with E-state index in [0.29, 0.717) is 10.9 Å². The molecule has 0 spiro atoms. The Labute approximate surface area is 109 Å². The van der Waals surface area contributed by atoms with Gasteiger partial charge in [0.15, 0.2) is 0 Å². The zero-order valence-corrected chi connectivity index (χ0v) is 10.6. The number of pyridine rings is 1. The van der Waals surface area contributed by atoms with Crippen LogP contribution in [-0.2, 0) is 9.47 Å². The van der Waals surface area contributed by atoms with Gasteiger partial charge in [-0.1, -0.05) is 0 Å². The summed E-state index contributed by atoms with van der Waals surface area (Å²) < 4.78 is 14.9. The predicted octanol–water partition coefficient (Wildman–Crippen LogP) is 2.18. The second-order valence-electron chi connectivity index (χ2n) is 3.67. The van der Waals surface area contributed by atoms with Crippen LogP contribution < -0.4 is 0 Å². The minimum atomic E-state index is -0.557. The highest BCUT2D eigenvalue weighted by atomic mass is 16.5. The standard InChI is InChI=1S/C13H13NO5/c1-3-17-12(15)9-5-8-6-10(13(16)18-4-2)19-11(8)14-7-9/h5-7H,3-4H2,1-2H3. The number of esters is 2. The van der Waals surface area contributed by atoms with E-state index in [1.807, 2.05) is 0 Å². The van der Waals surface area contributed by atoms with Crippen LogP contribution in [0.1, 0.15) is 34.8 Å². The van der Waals surface area contributed by atoms with Gasteiger partial charge in [0.05, 0.1) is 18.8 Å². The molecule has 0 radical (unpaired) electrons. The summed E-state index contributed by atoms with van der Waals surface area (Å²) in [7, 11) is 0. The number of ether oxygens (including phenoxy) is 2. The molecule has 2 rings (SSSR count). The van der Waals surface area contributed by atoms with Crippen LogP contribution in [-0.4, -0.2) is 30.1 Å². The average Bonchev–Trinajstić information content (AvgIpc) is 2.82. The fourth-order valence-electron chi connectivity index (χ4n) is 1.56. The van der Waals surface area contributed by atoms with E-state index < -0.39 is 11.9 Å². The molecular formula is C13H13NO5. The number of aromatic nitrogens is 1. The highest BCUT2D eigenvalue weighted by Gasteiger charge is 2.16. The van der Waals surface area contributed by atoms with Gasteiger partial charge >= 0.3 is 11.9 Å². The van der Waals surface area contributed by atoms with Crippen molar-refractivity contribution in [1.29, 1.82) is 0 Å². The SMILES string of the molecule is CCOC(=O)c1cnc2oc(C(=O)OCC)cc2c1. The van der Waals surface area contributed by atoms with Gasteiger partial charge in [-0.25, -0.2) is 14.6 Å². The number of rotatable bonds is 4. The molecule has 0 aromatic carbocycles. The largest absolute Gasteiger partial charge is 0.462 e. The van der Waals surface area contributed by atoms with Crippen LogP contribution in [0.4, 0.5) is 0 Å². The maximum atomic E-state index is 11.5. The average molecular weight is 263 g/mol. The van der Waals surface area contributed by atoms with Crippen LogP contribution in [0, 0.1) is 0 Å². The lowest BCUT2D eigenvalue weighted by Crippen LogP contribution is -2.04. The van der Waals surface area contributed by atoms with Crippen molar-refractivity contribution in [1.82, 2.24) is 4.98 Å². The molecular weight excluding hydrogens is 250 g/mol. The molecule has 0 saturated heterocycles. The highest BCUT2D eigenvalue weighted by molar-refractivity contribution is 5.95. The smallest absolute Gasteiger partial charge is 0.374 e. The van der Waals surface area contributed by atoms with Crippen molar-refractivity contribution < 1.29 is 23.5 Å². The molecule has 100 valence electrons. The van der Waals surface area contributed by atoms with Gasteiger partial charge in [0.2, 0.25) is 11.5 Å². The topological polar surface area (TPSA) is 78.6 Å². The Kier molecular flexibility index (Phi) is 3.79. The van der Waals surface area contributed by atoms with Crippen LogP contribution in [0.5, 0.6) is 0 Å². The lowest BCUT2D eigenvalue weighted by Gasteiger charge is -1.99. The summed E-state index contributed by atoms with van der Waals surface area (Å²) in [5, 5.41) is 0.550. The molecule has 2 aromatic heterocycles. The third kappa shape index (κ3) is 2.73. The fourth-order valence-corrected chi connectivity index (χ4v) is 1.56. The van der Waals surface area contributed by atoms with Crippen LogP contribution in [0.2, 0.25) is 0 Å². The van der Waals surface area contributed by atoms with Gasteiger partial charge in [-0.3, -0.25) is 0 Å². The molecule has 0 atom stereocenters. The third-order valence-corrected chi connectivity index (χ3v) is 2.36. The van der Waals surface area contributed by atoms with Crippen molar-refractivity contribution >= 4 is 23.0 Å². The van der Waals surface area contributed by atoms with E-state index in [9.17, 15) is 9.59 Å². The van der Waals surface area contributed by atoms with E-state index in [-0.39, 0.29) is 24.7 Å². The lowest BCUT2D eigenvalue weighted by molar-refractivity contribution is 0.0489. The highest BCUT2D eigenvalue weighted by Crippen LogP contribution is 2.19. The van der Waals surface area contributed by atoms with Crippen molar-refractivity contribution in [2.75, 3.05) is 13.2 Å². The molecule has 0 N–H and O–H groups in total. The molecule has 0 saturated carbocycles. The summed E-state index contributed by atoms with van der Waals surface area (Å²) in [6, 6.07) is 3.05. The molecule has 0 amide bonds. The molecule has 6 nitrogen and oxygen atoms in total. The van der Waals surface area contributed by atoms with Crippen LogP contribution in [0.25, 0.3) is 11.1 Å². The van der Waals surface area contributed by atoms with Crippen molar-refractivity contribution in [3.8, 4) is 0 Å². The second kappa shape index (κ2) is 5.51. The van der Waals surface area contributed by atoms with Gasteiger partial charge < -0.3 is 13.9 Å². The van der Waals surface area contributed by atoms with Crippen molar-refractivity contribution in [3.05, 3.63) is 29.7 Å². The Morgan fingerprint density at radius 2 is 1.84 bits per heavy atom. The van der Waals surface area contributed by atoms with E-state index >= 15 is 0 Å². The maximum Gasteiger partial charge on any atom is 0.374 e. The van der Waals surface area contributed by atoms with Crippen LogP contribution in [0.3, 0.4) is 0 Å². The van der Waals surface area contributed by atoms with Gasteiger partial charge in [-0.05, 0) is 19.9 Å². The molecule has 2 heterocycles. The van der Waals surface area contributed by atoms with E-state index in [1.54, 1.807) is 19.9 Å². The Balaban J connectivity index is 2.33. The maximum absolute atomic E-state index is 11.5. The monoisotopic (exact) mass is 263 g/mol. The Morgan fingerprint density at radius 3 is 2.53 bits per heavy atom. The van der Waals surface area contributed by atoms with Crippen molar-refractivity contribution in [2.24, 2.45) is 0 Å². The summed E-state index contributed by atoms with van der Waals surface area (Å²) in [6.45, 7) is 3.98. The minimum Gasteiger partial charge on any atom is -0.462 e. The molecule has 0 unspecified atom stereocenters. The number of fused-ring (bicyclic) bond motifs is 1. The molecule has 0 aliphatic heterocycles. The number of hydrogen-bond donors (Lipinski definition) is 0. The van der Waals surface area contributed by atoms with E-state index in [2.05, 4.69) is 4.98 Å². The zero-order chi connectivity index (χ0) is 13.8. The first-order chi connectivity index (χ1) is 9.15. The first-order valence-electron chi connectivity index (χ1n) is 5.89. The lowest BCUT2D eigenvalue weighted by atomic mass is 10.2. The molecule has 19 heavy (non-hydrogen) atoms. The summed E-state index contributed by atoms with van der Waals surface area (Å²) in [6.07, 6.45) is 1.35. The summed E-state index contributed by atoms with van der Waals surface area (Å²) in [5.41, 5.74) is 0.585. The van der Waals surface area contributed by atoms with E-state index in [1.165, 1.54) is 12.3 Å². The van der Waals surface area contributed by atoms with Crippen LogP contribution >= 0.6 is 0 Å². The molecule has 0 aliphatic carbocycles. The van der Waals surface area contributed by atoms with E-state index in [4.69, 9.17) is 13.9 Å². The molecule has 0 bridgehead atoms. The normalized spacial score (nSPS) is 10.4. The number of carbonyl (C=O) groups is 2. The first-order valence-corrected chi connectivity index (χ1v) is 5.89. The minimum absolute atomic E-state index is 0.0605. The van der Waals surface area contributed by atoms with Crippen molar-refractivity contribution in [3.63, 3.8) is 0 Å². The Hall–Kier alpha value is -2.37. The number of hydrogen-bond acceptors (Lipinski definition) is 6. The second-order valence-corrected chi connectivity index (χ2v) is 3.67. The summed E-state index contributed by atoms with van der Waals surface area (Å²) in [5.74, 6) is -0.959. The molecule has 0 aliphatic rings. The zero-order valence-electron chi connectivity index (χ0n) is 10.6. The van der Waals surface area contributed by atoms with Crippen molar-refractivity contribution in [2.45, 2.75) is 13.8 Å². The van der Waals surface area contributed by atoms with Crippen LogP contribution in [0.15, 0.2) is 22.7 Å². The summed E-state index contributed by atoms with van der Waals surface area (Å²) in [4.78, 5) is 27.0. The molecule has 6 heteroatoms. The number of carbonyl (C=O) groups excluding carboxylic acids is 2. The molecule has 0 fully saturated rings. The molecule has 2 aromatic rings. The Bertz CT molecular complexity index is 601. The van der Waals surface area contributed by atoms with E-state index in [0.717, 1.165) is 0 Å². The van der Waals surface area contributed by atoms with Gasteiger partial charge in [-0.15, -0.1) is 0 Å². The summed E-state index contributed by atoms with van der Waals surface area (Å²) >= 11 is 0. The van der Waals surface area contributed by atoms with Gasteiger partial charge in [-0.2, -0.15) is 0 Å². The van der Waals surface area contributed by atoms with Gasteiger partial charge in [0.1, 0.15) is 0 Å². The third-order valence-electron chi connectivity index (χ3n) is 2.36. The first kappa shape index (κ1) is 13.1. The van der Waals surface area contributed by atoms with Gasteiger partial charge in [0, 0.05) is 17.6 Å². The number of nitrogens with zero attached hydrogens (tertiary/aromatic N) is 1. The predicted molar refractivity (Wildman–Crippen MR) is 65.9 cm³/mol. The quantitative estimate of drug-likeness (QED) is 0.787. The number of furan rings is 1. The Morgan fingerprint density at radius 1 is 1.16 bits per heavy atom. The fraction of sp³-hybridized carbons (Fsp3) is 0.308.